The number of esters is 4. The van der Waals surface area contributed by atoms with Crippen molar-refractivity contribution >= 4 is 29.7 Å². The van der Waals surface area contributed by atoms with Gasteiger partial charge < -0.3 is 33.9 Å². The second-order valence-corrected chi connectivity index (χ2v) is 11.5. The maximum absolute atomic E-state index is 13.4. The number of ketones is 1. The van der Waals surface area contributed by atoms with Crippen molar-refractivity contribution in [2.75, 3.05) is 13.7 Å². The van der Waals surface area contributed by atoms with Crippen LogP contribution in [0.4, 0.5) is 0 Å². The lowest BCUT2D eigenvalue weighted by molar-refractivity contribution is -0.290. The maximum atomic E-state index is 13.4. The molecule has 12 heteroatoms. The first-order chi connectivity index (χ1) is 18.3. The Morgan fingerprint density at radius 3 is 2.36 bits per heavy atom. The molecule has 39 heavy (non-hydrogen) atoms. The Labute approximate surface area is 224 Å². The van der Waals surface area contributed by atoms with Crippen LogP contribution in [0.25, 0.3) is 0 Å². The number of hydrogen-bond donors (Lipinski definition) is 2. The van der Waals surface area contributed by atoms with Crippen LogP contribution in [0.5, 0.6) is 0 Å². The van der Waals surface area contributed by atoms with E-state index in [4.69, 9.17) is 23.7 Å². The summed E-state index contributed by atoms with van der Waals surface area (Å²) in [6.45, 7) is 6.39. The molecule has 2 heterocycles. The Balaban J connectivity index is 1.72. The Kier molecular flexibility index (Phi) is 6.47. The third kappa shape index (κ3) is 3.37. The van der Waals surface area contributed by atoms with E-state index in [2.05, 4.69) is 0 Å². The topological polar surface area (TPSA) is 172 Å². The lowest BCUT2D eigenvalue weighted by atomic mass is 9.38. The summed E-state index contributed by atoms with van der Waals surface area (Å²) in [6, 6.07) is 0. The number of rotatable bonds is 5. The molecule has 10 atom stereocenters. The number of carbonyl (C=O) groups excluding carboxylic acids is 5. The van der Waals surface area contributed by atoms with Gasteiger partial charge >= 0.3 is 23.9 Å². The van der Waals surface area contributed by atoms with E-state index in [1.807, 2.05) is 0 Å². The molecule has 0 amide bonds. The molecule has 2 bridgehead atoms. The second-order valence-electron chi connectivity index (χ2n) is 11.5. The number of methoxy groups -OCH3 is 1. The largest absolute Gasteiger partial charge is 0.467 e. The average molecular weight is 551 g/mol. The molecule has 5 rings (SSSR count). The van der Waals surface area contributed by atoms with Crippen molar-refractivity contribution in [3.05, 3.63) is 11.3 Å². The Morgan fingerprint density at radius 1 is 1.08 bits per heavy atom. The maximum Gasteiger partial charge on any atom is 0.348 e. The van der Waals surface area contributed by atoms with E-state index in [9.17, 15) is 34.2 Å². The van der Waals surface area contributed by atoms with Gasteiger partial charge in [0.25, 0.3) is 0 Å². The number of aliphatic hydroxyl groups is 2. The third-order valence-corrected chi connectivity index (χ3v) is 9.87. The van der Waals surface area contributed by atoms with Crippen LogP contribution in [0.1, 0.15) is 53.4 Å². The normalized spacial score (nSPS) is 44.1. The zero-order valence-electron chi connectivity index (χ0n) is 22.6. The number of Topliss-reactive ketones (excluding diaryl/α,β-unsaturated/α-hetero) is 1. The van der Waals surface area contributed by atoms with Crippen LogP contribution in [0.15, 0.2) is 11.3 Å². The van der Waals surface area contributed by atoms with E-state index in [-0.39, 0.29) is 38.0 Å². The van der Waals surface area contributed by atoms with Crippen molar-refractivity contribution < 1.29 is 57.9 Å². The van der Waals surface area contributed by atoms with E-state index < -0.39 is 88.3 Å². The molecule has 4 fully saturated rings. The molecule has 0 unspecified atom stereocenters. The fraction of sp³-hybridized carbons (Fsp3) is 0.741. The average Bonchev–Trinajstić information content (AvgIpc) is 3.21. The molecule has 5 aliphatic rings. The summed E-state index contributed by atoms with van der Waals surface area (Å²) in [6.07, 6.45) is -6.00. The van der Waals surface area contributed by atoms with Crippen LogP contribution in [0, 0.1) is 28.6 Å². The first-order valence-corrected chi connectivity index (χ1v) is 13.3. The van der Waals surface area contributed by atoms with E-state index in [0.717, 1.165) is 7.11 Å². The summed E-state index contributed by atoms with van der Waals surface area (Å²) < 4.78 is 27.9. The van der Waals surface area contributed by atoms with Gasteiger partial charge in [0.2, 0.25) is 11.7 Å². The van der Waals surface area contributed by atoms with Gasteiger partial charge in [0.15, 0.2) is 11.5 Å². The zero-order valence-corrected chi connectivity index (χ0v) is 22.6. The van der Waals surface area contributed by atoms with Gasteiger partial charge in [-0.1, -0.05) is 20.8 Å². The van der Waals surface area contributed by atoms with Gasteiger partial charge in [-0.05, 0) is 30.3 Å². The minimum Gasteiger partial charge on any atom is -0.467 e. The second kappa shape index (κ2) is 9.10. The molecule has 214 valence electrons. The SMILES string of the molecule is CCC(=O)OC1=C(C)[C@@H]2C[C@H]3OC(=O)[C@H](OC(=O)CC)[C@H]4[C@@]5(C(=O)OC)OC[C@]34[C@H]([C@@H](O)[C@@H]5O)[C@@]2(C)CC1=O. The van der Waals surface area contributed by atoms with Gasteiger partial charge in [0.1, 0.15) is 12.2 Å². The lowest BCUT2D eigenvalue weighted by Gasteiger charge is -2.67. The number of ether oxygens (including phenoxy) is 5. The summed E-state index contributed by atoms with van der Waals surface area (Å²) >= 11 is 0. The molecule has 12 nitrogen and oxygen atoms in total. The van der Waals surface area contributed by atoms with E-state index in [1.165, 1.54) is 0 Å². The molecule has 0 aromatic rings. The first kappa shape index (κ1) is 27.7. The van der Waals surface area contributed by atoms with Crippen molar-refractivity contribution in [2.24, 2.45) is 28.6 Å². The molecule has 3 aliphatic carbocycles. The van der Waals surface area contributed by atoms with Crippen LogP contribution in [-0.2, 0) is 47.7 Å². The molecule has 1 spiro atoms. The quantitative estimate of drug-likeness (QED) is 0.356. The summed E-state index contributed by atoms with van der Waals surface area (Å²) in [7, 11) is 1.09. The Hall–Kier alpha value is -2.83. The molecular weight excluding hydrogens is 516 g/mol. The van der Waals surface area contributed by atoms with Crippen molar-refractivity contribution in [1.29, 1.82) is 0 Å². The number of fused-ring (bicyclic) bond motifs is 2. The van der Waals surface area contributed by atoms with Crippen LogP contribution in [0.3, 0.4) is 0 Å². The summed E-state index contributed by atoms with van der Waals surface area (Å²) in [5.74, 6) is -6.40. The summed E-state index contributed by atoms with van der Waals surface area (Å²) in [4.78, 5) is 64.6. The molecular formula is C27H34O12. The summed E-state index contributed by atoms with van der Waals surface area (Å²) in [5.41, 5.74) is -4.07. The number of aliphatic hydroxyl groups excluding tert-OH is 2. The molecule has 0 radical (unpaired) electrons. The molecule has 2 N–H and O–H groups in total. The molecule has 0 aromatic heterocycles. The smallest absolute Gasteiger partial charge is 0.348 e. The van der Waals surface area contributed by atoms with E-state index >= 15 is 0 Å². The fourth-order valence-corrected chi connectivity index (χ4v) is 8.39. The van der Waals surface area contributed by atoms with E-state index in [1.54, 1.807) is 27.7 Å². The van der Waals surface area contributed by atoms with Crippen LogP contribution < -0.4 is 0 Å². The lowest BCUT2D eigenvalue weighted by Crippen LogP contribution is -2.79. The van der Waals surface area contributed by atoms with Crippen molar-refractivity contribution in [3.8, 4) is 0 Å². The highest BCUT2D eigenvalue weighted by atomic mass is 16.6. The van der Waals surface area contributed by atoms with Gasteiger partial charge in [-0.3, -0.25) is 14.4 Å². The predicted molar refractivity (Wildman–Crippen MR) is 127 cm³/mol. The van der Waals surface area contributed by atoms with Crippen molar-refractivity contribution in [3.63, 3.8) is 0 Å². The van der Waals surface area contributed by atoms with Crippen LogP contribution in [0.2, 0.25) is 0 Å². The standard InChI is InChI=1S/C27H34O12/c1-6-15(29)38-18-11(3)12-8-14-26-10-36-27(24(34)35-5,21(26)19(23(33)37-14)39-16(30)7-2)22(32)17(31)20(26)25(12,4)9-13(18)28/h12,14,17,19-22,31-32H,6-10H2,1-5H3/t12-,14+,17+,19+,20+,21+,22-,25-,26+,27+/m0/s1. The van der Waals surface area contributed by atoms with Crippen molar-refractivity contribution in [2.45, 2.75) is 83.4 Å². The fourth-order valence-electron chi connectivity index (χ4n) is 8.39. The summed E-state index contributed by atoms with van der Waals surface area (Å²) in [5, 5.41) is 23.3. The van der Waals surface area contributed by atoms with Gasteiger partial charge in [-0.15, -0.1) is 0 Å². The highest BCUT2D eigenvalue weighted by Gasteiger charge is 2.85. The monoisotopic (exact) mass is 550 g/mol. The highest BCUT2D eigenvalue weighted by Crippen LogP contribution is 2.72. The third-order valence-electron chi connectivity index (χ3n) is 9.87. The zero-order chi connectivity index (χ0) is 28.7. The number of carbonyl (C=O) groups is 5. The van der Waals surface area contributed by atoms with Gasteiger partial charge in [-0.25, -0.2) is 9.59 Å². The Morgan fingerprint density at radius 2 is 1.74 bits per heavy atom. The number of allylic oxidation sites excluding steroid dienone is 2. The van der Waals surface area contributed by atoms with E-state index in [0.29, 0.717) is 5.57 Å². The molecule has 2 saturated carbocycles. The first-order valence-electron chi connectivity index (χ1n) is 13.3. The minimum absolute atomic E-state index is 0.0638. The van der Waals surface area contributed by atoms with Crippen LogP contribution in [-0.4, -0.2) is 83.6 Å². The van der Waals surface area contributed by atoms with Gasteiger partial charge in [-0.2, -0.15) is 0 Å². The number of hydrogen-bond acceptors (Lipinski definition) is 12. The van der Waals surface area contributed by atoms with Gasteiger partial charge in [0.05, 0.1) is 25.7 Å². The Bertz CT molecular complexity index is 1180. The van der Waals surface area contributed by atoms with Crippen LogP contribution >= 0.6 is 0 Å². The highest BCUT2D eigenvalue weighted by molar-refractivity contribution is 5.98. The molecule has 0 aromatic carbocycles. The van der Waals surface area contributed by atoms with Crippen molar-refractivity contribution in [1.82, 2.24) is 0 Å². The van der Waals surface area contributed by atoms with Gasteiger partial charge in [0, 0.05) is 30.6 Å². The minimum atomic E-state index is -2.21. The molecule has 2 aliphatic heterocycles. The molecule has 2 saturated heterocycles. The predicted octanol–water partition coefficient (Wildman–Crippen LogP) is 0.356.